The van der Waals surface area contributed by atoms with E-state index in [0.717, 1.165) is 31.2 Å². The molecular formula is C17H24N2O4. The van der Waals surface area contributed by atoms with Crippen LogP contribution in [0.1, 0.15) is 31.2 Å². The smallest absolute Gasteiger partial charge is 0.410 e. The number of nitrogens with one attached hydrogen (secondary N) is 1. The summed E-state index contributed by atoms with van der Waals surface area (Å²) in [5, 5.41) is 11.9. The number of carboxylic acid groups (broad SMARTS) is 1. The largest absolute Gasteiger partial charge is 0.480 e. The summed E-state index contributed by atoms with van der Waals surface area (Å²) in [7, 11) is 1.72. The van der Waals surface area contributed by atoms with Crippen LogP contribution in [0.15, 0.2) is 30.3 Å². The molecule has 0 radical (unpaired) electrons. The van der Waals surface area contributed by atoms with Crippen molar-refractivity contribution in [1.82, 2.24) is 10.2 Å². The molecule has 2 rings (SSSR count). The zero-order chi connectivity index (χ0) is 16.7. The first-order chi connectivity index (χ1) is 11.1. The van der Waals surface area contributed by atoms with Gasteiger partial charge in [-0.3, -0.25) is 4.79 Å². The highest BCUT2D eigenvalue weighted by Gasteiger charge is 2.31. The molecule has 6 nitrogen and oxygen atoms in total. The molecule has 1 saturated carbocycles. The Kier molecular flexibility index (Phi) is 6.40. The Hall–Kier alpha value is -2.08. The summed E-state index contributed by atoms with van der Waals surface area (Å²) < 4.78 is 5.36. The molecule has 0 bridgehead atoms. The Balaban J connectivity index is 1.89. The zero-order valence-electron chi connectivity index (χ0n) is 13.4. The highest BCUT2D eigenvalue weighted by Crippen LogP contribution is 2.23. The van der Waals surface area contributed by atoms with Crippen molar-refractivity contribution < 1.29 is 19.4 Å². The third kappa shape index (κ3) is 5.25. The van der Waals surface area contributed by atoms with Crippen LogP contribution in [0.3, 0.4) is 0 Å². The van der Waals surface area contributed by atoms with E-state index in [0.29, 0.717) is 0 Å². The van der Waals surface area contributed by atoms with E-state index in [9.17, 15) is 9.59 Å². The second-order valence-electron chi connectivity index (χ2n) is 5.88. The molecule has 2 N–H and O–H groups in total. The quantitative estimate of drug-likeness (QED) is 0.840. The average Bonchev–Trinajstić information content (AvgIpc) is 2.58. The van der Waals surface area contributed by atoms with Crippen LogP contribution < -0.4 is 5.32 Å². The molecule has 2 unspecified atom stereocenters. The van der Waals surface area contributed by atoms with Gasteiger partial charge in [0, 0.05) is 13.1 Å². The first-order valence-corrected chi connectivity index (χ1v) is 7.96. The van der Waals surface area contributed by atoms with Crippen LogP contribution in [0.5, 0.6) is 0 Å². The van der Waals surface area contributed by atoms with Crippen LogP contribution in [-0.2, 0) is 16.1 Å². The SMILES string of the molecule is CN(C(=O)OCc1ccccc1)C1CCCCC1NCC(=O)O. The van der Waals surface area contributed by atoms with E-state index < -0.39 is 5.97 Å². The Morgan fingerprint density at radius 1 is 1.26 bits per heavy atom. The van der Waals surface area contributed by atoms with E-state index in [4.69, 9.17) is 9.84 Å². The first-order valence-electron chi connectivity index (χ1n) is 7.96. The summed E-state index contributed by atoms with van der Waals surface area (Å²) in [5.41, 5.74) is 0.943. The topological polar surface area (TPSA) is 78.9 Å². The first kappa shape index (κ1) is 17.3. The van der Waals surface area contributed by atoms with Crippen molar-refractivity contribution in [3.63, 3.8) is 0 Å². The molecule has 23 heavy (non-hydrogen) atoms. The number of amides is 1. The number of carboxylic acids is 1. The fraction of sp³-hybridized carbons (Fsp3) is 0.529. The molecular weight excluding hydrogens is 296 g/mol. The van der Waals surface area contributed by atoms with E-state index >= 15 is 0 Å². The molecule has 1 aliphatic rings. The molecule has 0 aliphatic heterocycles. The van der Waals surface area contributed by atoms with Gasteiger partial charge in [-0.2, -0.15) is 0 Å². The maximum atomic E-state index is 12.3. The maximum absolute atomic E-state index is 12.3. The van der Waals surface area contributed by atoms with Crippen molar-refractivity contribution in [2.75, 3.05) is 13.6 Å². The molecule has 1 amide bonds. The minimum Gasteiger partial charge on any atom is -0.480 e. The molecule has 1 fully saturated rings. The Bertz CT molecular complexity index is 521. The van der Waals surface area contributed by atoms with E-state index in [1.165, 1.54) is 0 Å². The Morgan fingerprint density at radius 3 is 2.65 bits per heavy atom. The number of rotatable bonds is 6. The van der Waals surface area contributed by atoms with Crippen LogP contribution >= 0.6 is 0 Å². The monoisotopic (exact) mass is 320 g/mol. The predicted molar refractivity (Wildman–Crippen MR) is 86.1 cm³/mol. The van der Waals surface area contributed by atoms with Crippen LogP contribution in [0.2, 0.25) is 0 Å². The summed E-state index contributed by atoms with van der Waals surface area (Å²) in [4.78, 5) is 24.6. The summed E-state index contributed by atoms with van der Waals surface area (Å²) in [6, 6.07) is 9.49. The van der Waals surface area contributed by atoms with E-state index in [-0.39, 0.29) is 31.3 Å². The molecule has 126 valence electrons. The highest BCUT2D eigenvalue weighted by atomic mass is 16.6. The third-order valence-electron chi connectivity index (χ3n) is 4.24. The van der Waals surface area contributed by atoms with Crippen LogP contribution in [0, 0.1) is 0 Å². The average molecular weight is 320 g/mol. The van der Waals surface area contributed by atoms with Gasteiger partial charge in [-0.15, -0.1) is 0 Å². The number of carbonyl (C=O) groups excluding carboxylic acids is 1. The van der Waals surface area contributed by atoms with Crippen molar-refractivity contribution in [1.29, 1.82) is 0 Å². The van der Waals surface area contributed by atoms with Gasteiger partial charge in [-0.25, -0.2) is 4.79 Å². The molecule has 2 atom stereocenters. The van der Waals surface area contributed by atoms with Gasteiger partial charge in [-0.05, 0) is 18.4 Å². The summed E-state index contributed by atoms with van der Waals surface area (Å²) in [5.74, 6) is -0.886. The van der Waals surface area contributed by atoms with Gasteiger partial charge in [0.25, 0.3) is 0 Å². The van der Waals surface area contributed by atoms with Gasteiger partial charge in [0.1, 0.15) is 6.61 Å². The minimum atomic E-state index is -0.886. The van der Waals surface area contributed by atoms with Gasteiger partial charge in [0.2, 0.25) is 0 Å². The molecule has 6 heteroatoms. The van der Waals surface area contributed by atoms with Gasteiger partial charge in [0.15, 0.2) is 0 Å². The molecule has 1 aromatic carbocycles. The maximum Gasteiger partial charge on any atom is 0.410 e. The molecule has 0 heterocycles. The number of carbonyl (C=O) groups is 2. The number of ether oxygens (including phenoxy) is 1. The van der Waals surface area contributed by atoms with Crippen LogP contribution in [0.4, 0.5) is 4.79 Å². The fourth-order valence-corrected chi connectivity index (χ4v) is 2.99. The summed E-state index contributed by atoms with van der Waals surface area (Å²) >= 11 is 0. The number of hydrogen-bond acceptors (Lipinski definition) is 4. The van der Waals surface area contributed by atoms with Crippen molar-refractivity contribution in [2.24, 2.45) is 0 Å². The van der Waals surface area contributed by atoms with Crippen molar-refractivity contribution >= 4 is 12.1 Å². The molecule has 1 aliphatic carbocycles. The van der Waals surface area contributed by atoms with Crippen LogP contribution in [-0.4, -0.2) is 47.7 Å². The number of benzene rings is 1. The standard InChI is InChI=1S/C17H24N2O4/c1-19(17(22)23-12-13-7-3-2-4-8-13)15-10-6-5-9-14(15)18-11-16(20)21/h2-4,7-8,14-15,18H,5-6,9-12H2,1H3,(H,20,21). The van der Waals surface area contributed by atoms with Crippen molar-refractivity contribution in [3.8, 4) is 0 Å². The van der Waals surface area contributed by atoms with Gasteiger partial charge in [-0.1, -0.05) is 43.2 Å². The fourth-order valence-electron chi connectivity index (χ4n) is 2.99. The van der Waals surface area contributed by atoms with Gasteiger partial charge in [0.05, 0.1) is 12.6 Å². The number of nitrogens with zero attached hydrogens (tertiary/aromatic N) is 1. The third-order valence-corrected chi connectivity index (χ3v) is 4.24. The van der Waals surface area contributed by atoms with Gasteiger partial charge >= 0.3 is 12.1 Å². The summed E-state index contributed by atoms with van der Waals surface area (Å²) in [6.45, 7) is 0.151. The minimum absolute atomic E-state index is 0.00544. The lowest BCUT2D eigenvalue weighted by atomic mass is 9.89. The van der Waals surface area contributed by atoms with Gasteiger partial charge < -0.3 is 20.1 Å². The normalized spacial score (nSPS) is 20.7. The van der Waals surface area contributed by atoms with Crippen LogP contribution in [0.25, 0.3) is 0 Å². The number of hydrogen-bond donors (Lipinski definition) is 2. The Morgan fingerprint density at radius 2 is 1.96 bits per heavy atom. The zero-order valence-corrected chi connectivity index (χ0v) is 13.4. The van der Waals surface area contributed by atoms with Crippen molar-refractivity contribution in [3.05, 3.63) is 35.9 Å². The molecule has 0 spiro atoms. The lowest BCUT2D eigenvalue weighted by Crippen LogP contribution is -2.53. The molecule has 0 aromatic heterocycles. The van der Waals surface area contributed by atoms with E-state index in [2.05, 4.69) is 5.32 Å². The number of likely N-dealkylation sites (N-methyl/N-ethyl adjacent to an activating group) is 1. The Labute approximate surface area is 136 Å². The predicted octanol–water partition coefficient (Wildman–Crippen LogP) is 2.24. The van der Waals surface area contributed by atoms with E-state index in [1.807, 2.05) is 30.3 Å². The molecule has 1 aromatic rings. The lowest BCUT2D eigenvalue weighted by molar-refractivity contribution is -0.136. The van der Waals surface area contributed by atoms with Crippen molar-refractivity contribution in [2.45, 2.75) is 44.4 Å². The van der Waals surface area contributed by atoms with E-state index in [1.54, 1.807) is 11.9 Å². The second-order valence-corrected chi connectivity index (χ2v) is 5.88. The molecule has 0 saturated heterocycles. The summed E-state index contributed by atoms with van der Waals surface area (Å²) in [6.07, 6.45) is 3.43. The lowest BCUT2D eigenvalue weighted by Gasteiger charge is -2.37. The second kappa shape index (κ2) is 8.53. The number of aliphatic carboxylic acids is 1. The highest BCUT2D eigenvalue weighted by molar-refractivity contribution is 5.69.